The molecule has 0 radical (unpaired) electrons. The maximum atomic E-state index is 12.2. The Labute approximate surface area is 114 Å². The zero-order chi connectivity index (χ0) is 14.0. The lowest BCUT2D eigenvalue weighted by molar-refractivity contribution is -0.116. The monoisotopic (exact) mass is 273 g/mol. The van der Waals surface area contributed by atoms with Gasteiger partial charge < -0.3 is 5.73 Å². The Morgan fingerprint density at radius 1 is 1.42 bits per heavy atom. The van der Waals surface area contributed by atoms with Crippen LogP contribution in [0, 0.1) is 11.3 Å². The van der Waals surface area contributed by atoms with E-state index >= 15 is 0 Å². The van der Waals surface area contributed by atoms with E-state index < -0.39 is 5.91 Å². The quantitative estimate of drug-likeness (QED) is 0.651. The predicted octanol–water partition coefficient (Wildman–Crippen LogP) is 1.38. The van der Waals surface area contributed by atoms with E-state index in [0.717, 1.165) is 0 Å². The molecule has 0 aliphatic carbocycles. The Bertz CT molecular complexity index is 604. The Morgan fingerprint density at radius 2 is 2.05 bits per heavy atom. The van der Waals surface area contributed by atoms with Gasteiger partial charge in [0.05, 0.1) is 5.25 Å². The number of para-hydroxylation sites is 1. The van der Waals surface area contributed by atoms with E-state index in [9.17, 15) is 9.59 Å². The number of hydrogen-bond donors (Lipinski definition) is 1. The molecule has 2 amide bonds. The highest BCUT2D eigenvalue weighted by atomic mass is 32.2. The summed E-state index contributed by atoms with van der Waals surface area (Å²) in [5.74, 6) is -0.993. The molecule has 1 saturated heterocycles. The molecule has 2 N–H and O–H groups in total. The number of nitrogens with two attached hydrogens (primary N) is 1. The molecule has 1 aliphatic heterocycles. The molecule has 1 aromatic carbocycles. The van der Waals surface area contributed by atoms with Crippen LogP contribution in [0.3, 0.4) is 0 Å². The molecule has 1 unspecified atom stereocenters. The van der Waals surface area contributed by atoms with Crippen LogP contribution >= 0.6 is 11.8 Å². The molecule has 0 saturated carbocycles. The second kappa shape index (κ2) is 5.16. The molecule has 1 fully saturated rings. The normalized spacial score (nSPS) is 21.2. The van der Waals surface area contributed by atoms with Crippen LogP contribution in [0.2, 0.25) is 0 Å². The SMILES string of the molecule is CC1SC(=C(C#N)C(N)=O)N(c2ccccc2)C1=O. The summed E-state index contributed by atoms with van der Waals surface area (Å²) >= 11 is 1.17. The van der Waals surface area contributed by atoms with E-state index in [-0.39, 0.29) is 16.7 Å². The smallest absolute Gasteiger partial charge is 0.262 e. The molecule has 96 valence electrons. The minimum absolute atomic E-state index is 0.166. The van der Waals surface area contributed by atoms with Gasteiger partial charge in [-0.3, -0.25) is 14.5 Å². The Hall–Kier alpha value is -2.26. The van der Waals surface area contributed by atoms with Crippen molar-refractivity contribution in [2.45, 2.75) is 12.2 Å². The van der Waals surface area contributed by atoms with E-state index in [1.807, 2.05) is 6.07 Å². The number of anilines is 1. The van der Waals surface area contributed by atoms with Crippen molar-refractivity contribution in [3.05, 3.63) is 40.9 Å². The zero-order valence-corrected chi connectivity index (χ0v) is 11.0. The van der Waals surface area contributed by atoms with Crippen LogP contribution in [0.4, 0.5) is 5.69 Å². The average Bonchev–Trinajstić information content (AvgIpc) is 2.67. The average molecular weight is 273 g/mol. The van der Waals surface area contributed by atoms with E-state index in [2.05, 4.69) is 0 Å². The molecule has 0 aromatic heterocycles. The van der Waals surface area contributed by atoms with Crippen molar-refractivity contribution in [3.63, 3.8) is 0 Å². The Kier molecular flexibility index (Phi) is 3.58. The molecular formula is C13H11N3O2S. The highest BCUT2D eigenvalue weighted by Gasteiger charge is 2.37. The lowest BCUT2D eigenvalue weighted by atomic mass is 10.2. The summed E-state index contributed by atoms with van der Waals surface area (Å²) in [7, 11) is 0. The van der Waals surface area contributed by atoms with Crippen molar-refractivity contribution in [1.82, 2.24) is 0 Å². The van der Waals surface area contributed by atoms with Crippen LogP contribution in [-0.2, 0) is 9.59 Å². The summed E-state index contributed by atoms with van der Waals surface area (Å²) in [5.41, 5.74) is 5.62. The number of rotatable bonds is 2. The van der Waals surface area contributed by atoms with E-state index in [0.29, 0.717) is 10.7 Å². The first kappa shape index (κ1) is 13.2. The molecule has 1 heterocycles. The number of primary amides is 1. The molecule has 2 rings (SSSR count). The fourth-order valence-electron chi connectivity index (χ4n) is 1.75. The van der Waals surface area contributed by atoms with Crippen LogP contribution in [0.1, 0.15) is 6.92 Å². The predicted molar refractivity (Wildman–Crippen MR) is 72.8 cm³/mol. The van der Waals surface area contributed by atoms with Crippen LogP contribution in [0.25, 0.3) is 0 Å². The van der Waals surface area contributed by atoms with Gasteiger partial charge in [-0.1, -0.05) is 30.0 Å². The van der Waals surface area contributed by atoms with Gasteiger partial charge in [0.15, 0.2) is 0 Å². The van der Waals surface area contributed by atoms with Crippen molar-refractivity contribution in [2.75, 3.05) is 4.90 Å². The van der Waals surface area contributed by atoms with E-state index in [1.54, 1.807) is 37.3 Å². The minimum Gasteiger partial charge on any atom is -0.365 e. The van der Waals surface area contributed by atoms with Gasteiger partial charge in [-0.05, 0) is 19.1 Å². The molecule has 0 spiro atoms. The first-order chi connectivity index (χ1) is 9.06. The Morgan fingerprint density at radius 3 is 2.58 bits per heavy atom. The van der Waals surface area contributed by atoms with E-state index in [1.165, 1.54) is 16.7 Å². The van der Waals surface area contributed by atoms with Gasteiger partial charge in [0.25, 0.3) is 5.91 Å². The number of hydrogen-bond acceptors (Lipinski definition) is 4. The summed E-state index contributed by atoms with van der Waals surface area (Å²) in [6, 6.07) is 10.6. The first-order valence-corrected chi connectivity index (χ1v) is 6.44. The lowest BCUT2D eigenvalue weighted by Gasteiger charge is -2.17. The largest absolute Gasteiger partial charge is 0.365 e. The summed E-state index contributed by atoms with van der Waals surface area (Å²) in [6.07, 6.45) is 0. The molecular weight excluding hydrogens is 262 g/mol. The van der Waals surface area contributed by atoms with Gasteiger partial charge in [0.2, 0.25) is 5.91 Å². The number of amides is 2. The number of carbonyl (C=O) groups excluding carboxylic acids is 2. The van der Waals surface area contributed by atoms with Crippen LogP contribution < -0.4 is 10.6 Å². The summed E-state index contributed by atoms with van der Waals surface area (Å²) in [4.78, 5) is 24.8. The second-order valence-electron chi connectivity index (χ2n) is 3.93. The molecule has 0 bridgehead atoms. The minimum atomic E-state index is -0.826. The number of nitriles is 1. The summed E-state index contributed by atoms with van der Waals surface area (Å²) in [6.45, 7) is 1.73. The van der Waals surface area contributed by atoms with Crippen LogP contribution in [0.15, 0.2) is 40.9 Å². The second-order valence-corrected chi connectivity index (χ2v) is 5.25. The van der Waals surface area contributed by atoms with Gasteiger partial charge in [-0.15, -0.1) is 0 Å². The van der Waals surface area contributed by atoms with E-state index in [4.69, 9.17) is 11.0 Å². The fourth-order valence-corrected chi connectivity index (χ4v) is 2.86. The zero-order valence-electron chi connectivity index (χ0n) is 10.2. The summed E-state index contributed by atoms with van der Waals surface area (Å²) in [5, 5.41) is 8.99. The van der Waals surface area contributed by atoms with Crippen molar-refractivity contribution < 1.29 is 9.59 Å². The summed E-state index contributed by atoms with van der Waals surface area (Å²) < 4.78 is 0. The van der Waals surface area contributed by atoms with Crippen molar-refractivity contribution in [3.8, 4) is 6.07 Å². The number of benzene rings is 1. The third-order valence-electron chi connectivity index (χ3n) is 2.65. The van der Waals surface area contributed by atoms with Crippen LogP contribution in [0.5, 0.6) is 0 Å². The number of nitrogens with zero attached hydrogens (tertiary/aromatic N) is 2. The third kappa shape index (κ3) is 2.33. The topological polar surface area (TPSA) is 87.2 Å². The standard InChI is InChI=1S/C13H11N3O2S/c1-8-12(18)16(9-5-3-2-4-6-9)13(19-8)10(7-14)11(15)17/h2-6,8H,1H3,(H2,15,17). The highest BCUT2D eigenvalue weighted by Crippen LogP contribution is 2.40. The molecule has 1 aromatic rings. The van der Waals surface area contributed by atoms with Gasteiger partial charge in [0, 0.05) is 5.69 Å². The first-order valence-electron chi connectivity index (χ1n) is 5.56. The fraction of sp³-hybridized carbons (Fsp3) is 0.154. The molecule has 5 nitrogen and oxygen atoms in total. The van der Waals surface area contributed by atoms with Crippen molar-refractivity contribution in [1.29, 1.82) is 5.26 Å². The molecule has 1 atom stereocenters. The molecule has 1 aliphatic rings. The third-order valence-corrected chi connectivity index (χ3v) is 3.81. The van der Waals surface area contributed by atoms with Crippen LogP contribution in [-0.4, -0.2) is 17.1 Å². The van der Waals surface area contributed by atoms with Gasteiger partial charge in [0.1, 0.15) is 16.7 Å². The van der Waals surface area contributed by atoms with Gasteiger partial charge in [-0.25, -0.2) is 0 Å². The maximum absolute atomic E-state index is 12.2. The number of carbonyl (C=O) groups is 2. The Balaban J connectivity index is 2.58. The maximum Gasteiger partial charge on any atom is 0.262 e. The van der Waals surface area contributed by atoms with Crippen molar-refractivity contribution >= 4 is 29.3 Å². The lowest BCUT2D eigenvalue weighted by Crippen LogP contribution is -2.29. The molecule has 6 heteroatoms. The number of thioether (sulfide) groups is 1. The highest BCUT2D eigenvalue weighted by molar-refractivity contribution is 8.05. The van der Waals surface area contributed by atoms with Gasteiger partial charge in [-0.2, -0.15) is 5.26 Å². The van der Waals surface area contributed by atoms with Crippen molar-refractivity contribution in [2.24, 2.45) is 5.73 Å². The molecule has 19 heavy (non-hydrogen) atoms. The van der Waals surface area contributed by atoms with Gasteiger partial charge >= 0.3 is 0 Å².